The van der Waals surface area contributed by atoms with E-state index < -0.39 is 47.2 Å². The van der Waals surface area contributed by atoms with Gasteiger partial charge in [-0.15, -0.1) is 0 Å². The first kappa shape index (κ1) is 38.5. The Kier molecular flexibility index (Phi) is 12.2. The number of aryl methyl sites for hydroxylation is 2. The summed E-state index contributed by atoms with van der Waals surface area (Å²) in [4.78, 5) is 40.6. The van der Waals surface area contributed by atoms with Crippen molar-refractivity contribution in [2.24, 2.45) is 5.92 Å². The quantitative estimate of drug-likeness (QED) is 0.152. The predicted molar refractivity (Wildman–Crippen MR) is 171 cm³/mol. The van der Waals surface area contributed by atoms with Gasteiger partial charge in [0.2, 0.25) is 5.91 Å². The van der Waals surface area contributed by atoms with Crippen molar-refractivity contribution >= 4 is 41.0 Å². The first-order chi connectivity index (χ1) is 22.7. The van der Waals surface area contributed by atoms with Gasteiger partial charge >= 0.3 is 18.2 Å². The number of carboxylic acids is 1. The third-order valence-corrected chi connectivity index (χ3v) is 7.38. The standard InChI is InChI=1S/C31H33ClF2N4O4.C2HF3O2/c1-18-13-26(42-17-23-24(33)7-6-8-25(23)34)28-35-19(2)27(37(28)15-18)36-29(39)21(14-20-9-11-22(32)12-10-20)16-38(30(40)41)31(3,4)5;3-2(4,5)1(6)7/h6-13,15,21H,14,16-17H2,1-5H3,(H,36,39)(H,40,41);(H,6,7). The van der Waals surface area contributed by atoms with E-state index in [-0.39, 0.29) is 30.9 Å². The van der Waals surface area contributed by atoms with Gasteiger partial charge in [-0.1, -0.05) is 29.8 Å². The van der Waals surface area contributed by atoms with E-state index in [4.69, 9.17) is 26.2 Å². The van der Waals surface area contributed by atoms with Gasteiger partial charge in [0, 0.05) is 23.3 Å². The van der Waals surface area contributed by atoms with Crippen LogP contribution in [0.3, 0.4) is 0 Å². The van der Waals surface area contributed by atoms with Gasteiger partial charge in [-0.2, -0.15) is 13.2 Å². The fourth-order valence-corrected chi connectivity index (χ4v) is 4.78. The van der Waals surface area contributed by atoms with E-state index in [1.165, 1.54) is 11.0 Å². The molecule has 49 heavy (non-hydrogen) atoms. The van der Waals surface area contributed by atoms with Crippen LogP contribution in [0.25, 0.3) is 5.65 Å². The molecule has 1 atom stereocenters. The number of nitrogens with one attached hydrogen (secondary N) is 1. The maximum absolute atomic E-state index is 14.2. The van der Waals surface area contributed by atoms with E-state index >= 15 is 0 Å². The molecule has 0 spiro atoms. The highest BCUT2D eigenvalue weighted by molar-refractivity contribution is 6.30. The molecule has 2 aromatic carbocycles. The zero-order valence-electron chi connectivity index (χ0n) is 27.0. The summed E-state index contributed by atoms with van der Waals surface area (Å²) in [5.41, 5.74) is 1.45. The van der Waals surface area contributed by atoms with E-state index in [2.05, 4.69) is 10.3 Å². The molecular weight excluding hydrogens is 679 g/mol. The van der Waals surface area contributed by atoms with E-state index in [9.17, 15) is 36.6 Å². The number of amides is 2. The first-order valence-electron chi connectivity index (χ1n) is 14.6. The van der Waals surface area contributed by atoms with Crippen molar-refractivity contribution in [3.63, 3.8) is 0 Å². The zero-order chi connectivity index (χ0) is 36.8. The summed E-state index contributed by atoms with van der Waals surface area (Å²) in [5, 5.41) is 20.5. The summed E-state index contributed by atoms with van der Waals surface area (Å²) in [5.74, 6) is -4.69. The second-order valence-corrected chi connectivity index (χ2v) is 12.4. The molecule has 0 aliphatic rings. The van der Waals surface area contributed by atoms with Gasteiger partial charge in [0.15, 0.2) is 11.4 Å². The number of carbonyl (C=O) groups excluding carboxylic acids is 1. The second kappa shape index (κ2) is 15.5. The van der Waals surface area contributed by atoms with Gasteiger partial charge in [0.1, 0.15) is 24.1 Å². The molecule has 0 saturated heterocycles. The van der Waals surface area contributed by atoms with Crippen LogP contribution in [0.5, 0.6) is 5.75 Å². The Morgan fingerprint density at radius 1 is 1.02 bits per heavy atom. The monoisotopic (exact) mass is 712 g/mol. The van der Waals surface area contributed by atoms with Gasteiger partial charge < -0.3 is 25.2 Å². The summed E-state index contributed by atoms with van der Waals surface area (Å²) < 4.78 is 67.6. The Balaban J connectivity index is 0.000000838. The molecule has 4 aromatic rings. The number of carboxylic acid groups (broad SMARTS) is 2. The highest BCUT2D eigenvalue weighted by Gasteiger charge is 2.38. The average molecular weight is 713 g/mol. The number of nitrogens with zero attached hydrogens (tertiary/aromatic N) is 3. The number of aromatic nitrogens is 2. The van der Waals surface area contributed by atoms with Crippen LogP contribution in [0.4, 0.5) is 32.6 Å². The van der Waals surface area contributed by atoms with Gasteiger partial charge in [-0.05, 0) is 82.5 Å². The molecule has 3 N–H and O–H groups in total. The van der Waals surface area contributed by atoms with Gasteiger partial charge in [0.05, 0.1) is 17.2 Å². The molecule has 264 valence electrons. The van der Waals surface area contributed by atoms with Crippen LogP contribution in [0.15, 0.2) is 54.7 Å². The maximum atomic E-state index is 14.2. The van der Waals surface area contributed by atoms with Crippen molar-refractivity contribution in [3.05, 3.63) is 93.8 Å². The van der Waals surface area contributed by atoms with Crippen LogP contribution in [-0.2, 0) is 22.6 Å². The van der Waals surface area contributed by atoms with Crippen molar-refractivity contribution in [2.75, 3.05) is 11.9 Å². The van der Waals surface area contributed by atoms with E-state index in [1.54, 1.807) is 68.6 Å². The van der Waals surface area contributed by atoms with Crippen molar-refractivity contribution < 1.29 is 51.3 Å². The molecule has 16 heteroatoms. The molecule has 0 bridgehead atoms. The second-order valence-electron chi connectivity index (χ2n) is 12.0. The molecule has 0 radical (unpaired) electrons. The first-order valence-corrected chi connectivity index (χ1v) is 15.0. The lowest BCUT2D eigenvalue weighted by Crippen LogP contribution is -2.49. The molecule has 4 rings (SSSR count). The molecule has 1 unspecified atom stereocenters. The van der Waals surface area contributed by atoms with Crippen LogP contribution in [0.1, 0.15) is 43.2 Å². The normalized spacial score (nSPS) is 12.1. The summed E-state index contributed by atoms with van der Waals surface area (Å²) in [6.07, 6.45) is -4.19. The van der Waals surface area contributed by atoms with E-state index in [0.29, 0.717) is 22.2 Å². The molecule has 0 fully saturated rings. The number of rotatable bonds is 9. The summed E-state index contributed by atoms with van der Waals surface area (Å²) in [6, 6.07) is 12.3. The third kappa shape index (κ3) is 10.3. The van der Waals surface area contributed by atoms with Crippen LogP contribution in [-0.4, -0.2) is 60.7 Å². The third-order valence-electron chi connectivity index (χ3n) is 7.12. The smallest absolute Gasteiger partial charge is 0.485 e. The van der Waals surface area contributed by atoms with Crippen LogP contribution >= 0.6 is 11.6 Å². The highest BCUT2D eigenvalue weighted by Crippen LogP contribution is 2.29. The Bertz CT molecular complexity index is 1800. The molecule has 2 heterocycles. The number of ether oxygens (including phenoxy) is 1. The number of anilines is 1. The Labute approximate surface area is 283 Å². The topological polar surface area (TPSA) is 133 Å². The molecule has 0 aliphatic heterocycles. The largest absolute Gasteiger partial charge is 0.490 e. The van der Waals surface area contributed by atoms with E-state index in [0.717, 1.165) is 23.3 Å². The number of hydrogen-bond acceptors (Lipinski definition) is 5. The number of halogens is 6. The fraction of sp³-hybridized carbons (Fsp3) is 0.333. The Morgan fingerprint density at radius 3 is 2.10 bits per heavy atom. The molecule has 0 aliphatic carbocycles. The van der Waals surface area contributed by atoms with Gasteiger partial charge in [-0.25, -0.2) is 23.4 Å². The molecule has 2 aromatic heterocycles. The van der Waals surface area contributed by atoms with Crippen molar-refractivity contribution in [1.29, 1.82) is 0 Å². The lowest BCUT2D eigenvalue weighted by atomic mass is 9.95. The molecule has 2 amide bonds. The molecule has 0 saturated carbocycles. The van der Waals surface area contributed by atoms with Crippen molar-refractivity contribution in [2.45, 2.75) is 59.4 Å². The minimum absolute atomic E-state index is 0.0509. The number of aliphatic carboxylic acids is 1. The summed E-state index contributed by atoms with van der Waals surface area (Å²) in [7, 11) is 0. The van der Waals surface area contributed by atoms with Gasteiger partial charge in [-0.3, -0.25) is 9.20 Å². The minimum Gasteiger partial charge on any atom is -0.485 e. The predicted octanol–water partition coefficient (Wildman–Crippen LogP) is 7.67. The Hall–Kier alpha value is -4.92. The highest BCUT2D eigenvalue weighted by atomic mass is 35.5. The maximum Gasteiger partial charge on any atom is 0.490 e. The summed E-state index contributed by atoms with van der Waals surface area (Å²) >= 11 is 6.04. The van der Waals surface area contributed by atoms with Crippen LogP contribution < -0.4 is 10.1 Å². The fourth-order valence-electron chi connectivity index (χ4n) is 4.66. The molecule has 10 nitrogen and oxygen atoms in total. The van der Waals surface area contributed by atoms with Crippen molar-refractivity contribution in [3.8, 4) is 5.75 Å². The lowest BCUT2D eigenvalue weighted by molar-refractivity contribution is -0.192. The number of pyridine rings is 1. The number of fused-ring (bicyclic) bond motifs is 1. The zero-order valence-corrected chi connectivity index (χ0v) is 27.8. The van der Waals surface area contributed by atoms with Crippen molar-refractivity contribution in [1.82, 2.24) is 14.3 Å². The van der Waals surface area contributed by atoms with Crippen LogP contribution in [0.2, 0.25) is 5.02 Å². The lowest BCUT2D eigenvalue weighted by Gasteiger charge is -2.35. The minimum atomic E-state index is -5.08. The van der Waals surface area contributed by atoms with Crippen LogP contribution in [0, 0.1) is 31.4 Å². The number of carbonyl (C=O) groups is 3. The number of hydrogen-bond donors (Lipinski definition) is 3. The van der Waals surface area contributed by atoms with Gasteiger partial charge in [0.25, 0.3) is 0 Å². The van der Waals surface area contributed by atoms with E-state index in [1.807, 2.05) is 6.92 Å². The summed E-state index contributed by atoms with van der Waals surface area (Å²) in [6.45, 7) is 8.43. The molecular formula is C33H34ClF5N4O6. The number of alkyl halides is 3. The number of imidazole rings is 1. The SMILES string of the molecule is Cc1cc(OCc2c(F)cccc2F)c2nc(C)c(NC(=O)C(Cc3ccc(Cl)cc3)CN(C(=O)O)C(C)(C)C)n2c1.O=C(O)C(F)(F)F. The average Bonchev–Trinajstić information content (AvgIpc) is 3.29. The number of benzene rings is 2. The Morgan fingerprint density at radius 2 is 1.59 bits per heavy atom.